The summed E-state index contributed by atoms with van der Waals surface area (Å²) in [6.07, 6.45) is 2.17. The molecule has 45 heavy (non-hydrogen) atoms. The van der Waals surface area contributed by atoms with E-state index in [1.165, 1.54) is 19.2 Å². The summed E-state index contributed by atoms with van der Waals surface area (Å²) in [6.45, 7) is 4.66. The molecule has 7 nitrogen and oxygen atoms in total. The van der Waals surface area contributed by atoms with Gasteiger partial charge in [-0.3, -0.25) is 4.57 Å². The van der Waals surface area contributed by atoms with E-state index in [4.69, 9.17) is 16.3 Å². The van der Waals surface area contributed by atoms with Crippen molar-refractivity contribution in [1.29, 1.82) is 0 Å². The van der Waals surface area contributed by atoms with E-state index >= 15 is 8.78 Å². The second kappa shape index (κ2) is 13.8. The van der Waals surface area contributed by atoms with Gasteiger partial charge < -0.3 is 13.9 Å². The first-order chi connectivity index (χ1) is 21.0. The van der Waals surface area contributed by atoms with E-state index in [-0.39, 0.29) is 17.9 Å². The van der Waals surface area contributed by atoms with Crippen molar-refractivity contribution < 1.29 is 30.8 Å². The molecule has 0 amide bonds. The fraction of sp³-hybridized carbons (Fsp3) is 0.344. The van der Waals surface area contributed by atoms with Gasteiger partial charge in [0.15, 0.2) is 5.16 Å². The topological polar surface area (TPSA) is 75.3 Å². The molecule has 4 aromatic rings. The van der Waals surface area contributed by atoms with E-state index in [2.05, 4.69) is 9.71 Å². The number of rotatable bonds is 13. The SMILES string of the molecule is COc1ccc(C(C)(C)c2cnc(SCc3c(F)cc(S(=O)(=O)[N-]CCC[N+](C)(C)C)cc3F)n2-c2ccc(F)cc2)cc1Cl. The maximum absolute atomic E-state index is 15.2. The molecule has 0 atom stereocenters. The Kier molecular flexibility index (Phi) is 10.7. The smallest absolute Gasteiger partial charge is 0.173 e. The van der Waals surface area contributed by atoms with Crippen molar-refractivity contribution in [1.82, 2.24) is 9.55 Å². The molecule has 0 saturated heterocycles. The second-order valence-electron chi connectivity index (χ2n) is 12.1. The molecular formula is C32H36ClF3N4O3S2. The molecule has 0 N–H and O–H groups in total. The van der Waals surface area contributed by atoms with Crippen LogP contribution >= 0.6 is 23.4 Å². The molecule has 0 fully saturated rings. The van der Waals surface area contributed by atoms with Crippen LogP contribution in [-0.4, -0.2) is 63.8 Å². The predicted molar refractivity (Wildman–Crippen MR) is 173 cm³/mol. The van der Waals surface area contributed by atoms with Gasteiger partial charge in [-0.05, 0) is 60.5 Å². The van der Waals surface area contributed by atoms with Crippen molar-refractivity contribution >= 4 is 33.4 Å². The molecule has 1 aromatic heterocycles. The molecule has 13 heteroatoms. The van der Waals surface area contributed by atoms with Crippen LogP contribution in [0.3, 0.4) is 0 Å². The Morgan fingerprint density at radius 2 is 1.67 bits per heavy atom. The van der Waals surface area contributed by atoms with Crippen LogP contribution in [-0.2, 0) is 21.2 Å². The third-order valence-corrected chi connectivity index (χ3v) is 9.96. The van der Waals surface area contributed by atoms with Crippen LogP contribution in [0.25, 0.3) is 10.4 Å². The lowest BCUT2D eigenvalue weighted by atomic mass is 9.81. The molecular weight excluding hydrogens is 645 g/mol. The van der Waals surface area contributed by atoms with Gasteiger partial charge in [0, 0.05) is 22.4 Å². The van der Waals surface area contributed by atoms with Crippen molar-refractivity contribution in [3.8, 4) is 11.4 Å². The van der Waals surface area contributed by atoms with E-state index < -0.39 is 37.8 Å². The lowest BCUT2D eigenvalue weighted by molar-refractivity contribution is -0.870. The van der Waals surface area contributed by atoms with Gasteiger partial charge in [0.1, 0.15) is 33.2 Å². The van der Waals surface area contributed by atoms with Crippen LogP contribution in [0.1, 0.15) is 37.1 Å². The highest BCUT2D eigenvalue weighted by Crippen LogP contribution is 2.39. The molecule has 1 heterocycles. The molecule has 0 spiro atoms. The fourth-order valence-corrected chi connectivity index (χ4v) is 7.02. The molecule has 0 unspecified atom stereocenters. The average molecular weight is 681 g/mol. The summed E-state index contributed by atoms with van der Waals surface area (Å²) in [5, 5.41) is 0.825. The van der Waals surface area contributed by atoms with E-state index in [9.17, 15) is 12.8 Å². The highest BCUT2D eigenvalue weighted by molar-refractivity contribution is 7.98. The number of benzene rings is 3. The fourth-order valence-electron chi connectivity index (χ4n) is 4.73. The molecule has 0 aliphatic heterocycles. The van der Waals surface area contributed by atoms with Gasteiger partial charge in [0.25, 0.3) is 0 Å². The average Bonchev–Trinajstić information content (AvgIpc) is 3.39. The predicted octanol–water partition coefficient (Wildman–Crippen LogP) is 7.73. The Labute approximate surface area is 272 Å². The minimum absolute atomic E-state index is 0.0200. The Morgan fingerprint density at radius 3 is 2.24 bits per heavy atom. The zero-order chi connectivity index (χ0) is 33.2. The van der Waals surface area contributed by atoms with E-state index in [0.717, 1.165) is 29.5 Å². The lowest BCUT2D eigenvalue weighted by Crippen LogP contribution is -2.35. The summed E-state index contributed by atoms with van der Waals surface area (Å²) in [5.74, 6) is -2.09. The number of methoxy groups -OCH3 is 1. The summed E-state index contributed by atoms with van der Waals surface area (Å²) in [4.78, 5) is 4.03. The first-order valence-electron chi connectivity index (χ1n) is 14.1. The quantitative estimate of drug-likeness (QED) is 0.0821. The summed E-state index contributed by atoms with van der Waals surface area (Å²) in [7, 11) is 3.21. The lowest BCUT2D eigenvalue weighted by Gasteiger charge is -2.28. The third kappa shape index (κ3) is 8.23. The number of aromatic nitrogens is 2. The van der Waals surface area contributed by atoms with Gasteiger partial charge in [0.2, 0.25) is 0 Å². The number of thioether (sulfide) groups is 1. The third-order valence-electron chi connectivity index (χ3n) is 7.33. The largest absolute Gasteiger partial charge is 0.545 e. The first-order valence-corrected chi connectivity index (χ1v) is 16.9. The van der Waals surface area contributed by atoms with Crippen LogP contribution in [0, 0.1) is 17.5 Å². The molecule has 242 valence electrons. The minimum atomic E-state index is -4.23. The Hall–Kier alpha value is -3.03. The molecule has 4 rings (SSSR count). The van der Waals surface area contributed by atoms with Crippen molar-refractivity contribution in [2.75, 3.05) is 41.3 Å². The second-order valence-corrected chi connectivity index (χ2v) is 15.1. The summed E-state index contributed by atoms with van der Waals surface area (Å²) < 4.78 is 81.1. The highest BCUT2D eigenvalue weighted by atomic mass is 35.5. The monoisotopic (exact) mass is 680 g/mol. The summed E-state index contributed by atoms with van der Waals surface area (Å²) in [5.41, 5.74) is 1.18. The molecule has 0 bridgehead atoms. The normalized spacial score (nSPS) is 12.5. The number of ether oxygens (including phenoxy) is 1. The number of halogens is 4. The summed E-state index contributed by atoms with van der Waals surface area (Å²) >= 11 is 7.49. The highest BCUT2D eigenvalue weighted by Gasteiger charge is 2.30. The first kappa shape index (κ1) is 34.8. The van der Waals surface area contributed by atoms with E-state index in [1.54, 1.807) is 35.0 Å². The van der Waals surface area contributed by atoms with Gasteiger partial charge in [-0.15, -0.1) is 6.54 Å². The van der Waals surface area contributed by atoms with Crippen molar-refractivity contribution in [2.24, 2.45) is 0 Å². The molecule has 0 saturated carbocycles. The van der Waals surface area contributed by atoms with Gasteiger partial charge >= 0.3 is 0 Å². The number of hydrogen-bond donors (Lipinski definition) is 0. The zero-order valence-electron chi connectivity index (χ0n) is 25.9. The van der Waals surface area contributed by atoms with Gasteiger partial charge in [0.05, 0.1) is 56.6 Å². The Bertz CT molecular complexity index is 1750. The van der Waals surface area contributed by atoms with Crippen LogP contribution in [0.5, 0.6) is 5.75 Å². The van der Waals surface area contributed by atoms with Crippen LogP contribution < -0.4 is 4.74 Å². The van der Waals surface area contributed by atoms with Crippen molar-refractivity contribution in [2.45, 2.75) is 41.5 Å². The molecule has 0 aliphatic carbocycles. The van der Waals surface area contributed by atoms with Crippen LogP contribution in [0.15, 0.2) is 70.8 Å². The Morgan fingerprint density at radius 1 is 1.02 bits per heavy atom. The van der Waals surface area contributed by atoms with Crippen molar-refractivity contribution in [3.05, 3.63) is 105 Å². The van der Waals surface area contributed by atoms with Crippen molar-refractivity contribution in [3.63, 3.8) is 0 Å². The number of imidazole rings is 1. The van der Waals surface area contributed by atoms with Gasteiger partial charge in [-0.2, -0.15) is 0 Å². The van der Waals surface area contributed by atoms with Crippen LogP contribution in [0.2, 0.25) is 5.02 Å². The molecule has 0 radical (unpaired) electrons. The number of nitrogens with zero attached hydrogens (tertiary/aromatic N) is 4. The molecule has 3 aromatic carbocycles. The van der Waals surface area contributed by atoms with Crippen LogP contribution in [0.4, 0.5) is 13.2 Å². The number of sulfonamides is 1. The van der Waals surface area contributed by atoms with Gasteiger partial charge in [-0.1, -0.05) is 43.3 Å². The number of hydrogen-bond acceptors (Lipinski definition) is 5. The standard InChI is InChI=1S/C32H36ClF3N4O3S2/c1-32(2,21-8-13-29(43-6)26(33)16-21)30-19-37-31(39(30)23-11-9-22(34)10-12-23)44-20-25-27(35)17-24(18-28(25)36)45(41,42)38-14-7-15-40(3,4)5/h8-13,16-19H,7,14-15,20H2,1-6H3. The van der Waals surface area contributed by atoms with E-state index in [0.29, 0.717) is 44.8 Å². The maximum Gasteiger partial charge on any atom is 0.173 e. The minimum Gasteiger partial charge on any atom is -0.545 e. The Balaban J connectivity index is 1.63. The molecule has 0 aliphatic rings. The zero-order valence-corrected chi connectivity index (χ0v) is 28.3. The maximum atomic E-state index is 15.2. The number of quaternary nitrogens is 1. The van der Waals surface area contributed by atoms with Gasteiger partial charge in [-0.25, -0.2) is 26.6 Å². The summed E-state index contributed by atoms with van der Waals surface area (Å²) in [6, 6.07) is 12.9. The van der Waals surface area contributed by atoms with E-state index in [1.807, 2.05) is 41.1 Å².